The number of hydrogen-bond donors (Lipinski definition) is 0. The van der Waals surface area contributed by atoms with Gasteiger partial charge in [0.2, 0.25) is 0 Å². The van der Waals surface area contributed by atoms with E-state index < -0.39 is 0 Å². The summed E-state index contributed by atoms with van der Waals surface area (Å²) in [6.45, 7) is 1.14. The molecule has 3 nitrogen and oxygen atoms in total. The Labute approximate surface area is 146 Å². The number of thioether (sulfide) groups is 1. The van der Waals surface area contributed by atoms with E-state index in [1.165, 1.54) is 10.5 Å². The number of hydrogen-bond acceptors (Lipinski definition) is 4. The van der Waals surface area contributed by atoms with Crippen LogP contribution in [0.2, 0.25) is 0 Å². The first-order chi connectivity index (χ1) is 11.9. The molecule has 0 N–H and O–H groups in total. The Morgan fingerprint density at radius 1 is 0.875 bits per heavy atom. The summed E-state index contributed by atoms with van der Waals surface area (Å²) in [5.74, 6) is 0. The van der Waals surface area contributed by atoms with Crippen LogP contribution in [-0.4, -0.2) is 30.4 Å². The number of benzene rings is 2. The zero-order valence-electron chi connectivity index (χ0n) is 13.3. The second kappa shape index (κ2) is 7.53. The molecular weight excluding hydrogens is 320 g/mol. The Hall–Kier alpha value is -1.59. The molecule has 4 heteroatoms. The maximum atomic E-state index is 5.99. The van der Waals surface area contributed by atoms with Crippen LogP contribution in [0.4, 0.5) is 0 Å². The normalized spacial score (nSPS) is 28.2. The summed E-state index contributed by atoms with van der Waals surface area (Å²) in [5.41, 5.74) is 1.17. The predicted molar refractivity (Wildman–Crippen MR) is 94.9 cm³/mol. The lowest BCUT2D eigenvalue weighted by Crippen LogP contribution is -2.35. The van der Waals surface area contributed by atoms with Crippen LogP contribution in [0.5, 0.6) is 0 Å². The maximum absolute atomic E-state index is 5.99. The largest absolute Gasteiger partial charge is 0.374 e. The smallest absolute Gasteiger partial charge is 0.177 e. The van der Waals surface area contributed by atoms with Crippen LogP contribution in [0.1, 0.15) is 5.56 Å². The quantitative estimate of drug-likeness (QED) is 0.742. The van der Waals surface area contributed by atoms with Gasteiger partial charge in [-0.3, -0.25) is 0 Å². The van der Waals surface area contributed by atoms with Crippen molar-refractivity contribution in [3.63, 3.8) is 0 Å². The van der Waals surface area contributed by atoms with Gasteiger partial charge in [-0.15, -0.1) is 11.8 Å². The van der Waals surface area contributed by atoms with Gasteiger partial charge in [-0.05, 0) is 23.8 Å². The molecule has 2 heterocycles. The summed E-state index contributed by atoms with van der Waals surface area (Å²) in [6.07, 6.45) is 3.98. The van der Waals surface area contributed by atoms with Gasteiger partial charge in [-0.2, -0.15) is 0 Å². The molecule has 2 aromatic carbocycles. The van der Waals surface area contributed by atoms with E-state index in [4.69, 9.17) is 14.2 Å². The third kappa shape index (κ3) is 3.73. The van der Waals surface area contributed by atoms with Crippen LogP contribution in [0.25, 0.3) is 0 Å². The Kier molecular flexibility index (Phi) is 4.99. The predicted octanol–water partition coefficient (Wildman–Crippen LogP) is 4.04. The van der Waals surface area contributed by atoms with Crippen LogP contribution in [-0.2, 0) is 20.8 Å². The molecule has 124 valence electrons. The lowest BCUT2D eigenvalue weighted by atomic mass is 10.1. The Morgan fingerprint density at radius 3 is 2.42 bits per heavy atom. The second-order valence-corrected chi connectivity index (χ2v) is 7.18. The summed E-state index contributed by atoms with van der Waals surface area (Å²) in [6, 6.07) is 20.6. The zero-order chi connectivity index (χ0) is 16.2. The second-order valence-electron chi connectivity index (χ2n) is 5.92. The number of fused-ring (bicyclic) bond motifs is 2. The fourth-order valence-electron chi connectivity index (χ4n) is 2.98. The van der Waals surface area contributed by atoms with Crippen molar-refractivity contribution < 1.29 is 14.2 Å². The van der Waals surface area contributed by atoms with Crippen LogP contribution in [0, 0.1) is 0 Å². The van der Waals surface area contributed by atoms with Gasteiger partial charge in [-0.25, -0.2) is 0 Å². The highest BCUT2D eigenvalue weighted by atomic mass is 32.2. The average molecular weight is 340 g/mol. The highest BCUT2D eigenvalue weighted by molar-refractivity contribution is 8.00. The van der Waals surface area contributed by atoms with Gasteiger partial charge in [-0.1, -0.05) is 54.6 Å². The van der Waals surface area contributed by atoms with Crippen LogP contribution >= 0.6 is 11.8 Å². The first-order valence-corrected chi connectivity index (χ1v) is 9.09. The minimum Gasteiger partial charge on any atom is -0.374 e. The van der Waals surface area contributed by atoms with Crippen LogP contribution in [0.3, 0.4) is 0 Å². The fraction of sp³-hybridized carbons (Fsp3) is 0.300. The first-order valence-electron chi connectivity index (χ1n) is 8.21. The number of ether oxygens (including phenoxy) is 3. The molecule has 4 atom stereocenters. The van der Waals surface area contributed by atoms with Crippen LogP contribution in [0.15, 0.2) is 77.7 Å². The van der Waals surface area contributed by atoms with Gasteiger partial charge >= 0.3 is 0 Å². The molecule has 0 aromatic heterocycles. The summed E-state index contributed by atoms with van der Waals surface area (Å²) in [5, 5.41) is 0.247. The topological polar surface area (TPSA) is 27.7 Å². The first kappa shape index (κ1) is 15.9. The fourth-order valence-corrected chi connectivity index (χ4v) is 4.15. The SMILES string of the molecule is C1=C[C@@H](Sc2ccccc2)[C@H]2O[C@@H]1O[C@@H]2COCc1ccccc1. The molecule has 0 spiro atoms. The van der Waals surface area contributed by atoms with Gasteiger partial charge < -0.3 is 14.2 Å². The molecule has 2 aliphatic rings. The molecule has 4 rings (SSSR count). The molecule has 0 radical (unpaired) electrons. The molecule has 2 aliphatic heterocycles. The third-order valence-corrected chi connectivity index (χ3v) is 5.40. The summed E-state index contributed by atoms with van der Waals surface area (Å²) in [7, 11) is 0. The molecule has 0 unspecified atom stereocenters. The molecule has 0 saturated carbocycles. The van der Waals surface area contributed by atoms with E-state index in [1.54, 1.807) is 0 Å². The van der Waals surface area contributed by atoms with Crippen molar-refractivity contribution in [1.29, 1.82) is 0 Å². The lowest BCUT2D eigenvalue weighted by molar-refractivity contribution is -0.0454. The molecule has 24 heavy (non-hydrogen) atoms. The van der Waals surface area contributed by atoms with Crippen molar-refractivity contribution in [3.05, 3.63) is 78.4 Å². The highest BCUT2D eigenvalue weighted by Gasteiger charge is 2.42. The van der Waals surface area contributed by atoms with E-state index in [2.05, 4.69) is 42.5 Å². The van der Waals surface area contributed by atoms with Gasteiger partial charge in [0.15, 0.2) is 6.29 Å². The van der Waals surface area contributed by atoms with E-state index in [9.17, 15) is 0 Å². The van der Waals surface area contributed by atoms with Crippen LogP contribution < -0.4 is 0 Å². The van der Waals surface area contributed by atoms with Gasteiger partial charge in [0, 0.05) is 4.90 Å². The Balaban J connectivity index is 1.35. The Bertz CT molecular complexity index is 674. The van der Waals surface area contributed by atoms with E-state index in [0.717, 1.165) is 0 Å². The van der Waals surface area contributed by atoms with E-state index in [0.29, 0.717) is 13.2 Å². The maximum Gasteiger partial charge on any atom is 0.177 e. The van der Waals surface area contributed by atoms with Gasteiger partial charge in [0.25, 0.3) is 0 Å². The van der Waals surface area contributed by atoms with Crippen molar-refractivity contribution in [2.24, 2.45) is 0 Å². The third-order valence-electron chi connectivity index (χ3n) is 4.16. The molecule has 0 aliphatic carbocycles. The molecule has 1 fully saturated rings. The van der Waals surface area contributed by atoms with Gasteiger partial charge in [0.1, 0.15) is 12.2 Å². The minimum atomic E-state index is -0.229. The average Bonchev–Trinajstić information content (AvgIpc) is 2.96. The summed E-state index contributed by atoms with van der Waals surface area (Å²) >= 11 is 1.81. The molecule has 1 saturated heterocycles. The molecule has 2 bridgehead atoms. The standard InChI is InChI=1S/C20H20O3S/c1-3-7-15(8-4-1)13-21-14-17-20-18(11-12-19(22-17)23-20)24-16-9-5-2-6-10-16/h1-12,17-20H,13-14H2/t17-,18-,19+,20+/m1/s1. The van der Waals surface area contributed by atoms with Crippen molar-refractivity contribution in [2.75, 3.05) is 6.61 Å². The minimum absolute atomic E-state index is 0.0287. The molecule has 0 amide bonds. The van der Waals surface area contributed by atoms with Crippen molar-refractivity contribution in [2.45, 2.75) is 35.3 Å². The van der Waals surface area contributed by atoms with Crippen molar-refractivity contribution >= 4 is 11.8 Å². The van der Waals surface area contributed by atoms with Crippen molar-refractivity contribution in [3.8, 4) is 0 Å². The zero-order valence-corrected chi connectivity index (χ0v) is 14.1. The summed E-state index contributed by atoms with van der Waals surface area (Å²) in [4.78, 5) is 1.24. The Morgan fingerprint density at radius 2 is 1.62 bits per heavy atom. The molecular formula is C20H20O3S. The summed E-state index contributed by atoms with van der Waals surface area (Å²) < 4.78 is 17.8. The van der Waals surface area contributed by atoms with Crippen molar-refractivity contribution in [1.82, 2.24) is 0 Å². The number of rotatable bonds is 6. The van der Waals surface area contributed by atoms with E-state index >= 15 is 0 Å². The van der Waals surface area contributed by atoms with E-state index in [-0.39, 0.29) is 23.7 Å². The lowest BCUT2D eigenvalue weighted by Gasteiger charge is -2.25. The van der Waals surface area contributed by atoms with E-state index in [1.807, 2.05) is 42.1 Å². The highest BCUT2D eigenvalue weighted by Crippen LogP contribution is 2.37. The monoisotopic (exact) mass is 340 g/mol. The van der Waals surface area contributed by atoms with Gasteiger partial charge in [0.05, 0.1) is 18.5 Å². The molecule has 2 aromatic rings.